The summed E-state index contributed by atoms with van der Waals surface area (Å²) in [6, 6.07) is 6.34. The lowest BCUT2D eigenvalue weighted by Gasteiger charge is -2.24. The van der Waals surface area contributed by atoms with Crippen molar-refractivity contribution >= 4 is 23.0 Å². The molecule has 0 unspecified atom stereocenters. The zero-order valence-corrected chi connectivity index (χ0v) is 12.3. The lowest BCUT2D eigenvalue weighted by Crippen LogP contribution is -2.40. The third-order valence-electron chi connectivity index (χ3n) is 2.65. The van der Waals surface area contributed by atoms with Gasteiger partial charge in [0.1, 0.15) is 5.82 Å². The zero-order valence-electron chi connectivity index (χ0n) is 11.5. The van der Waals surface area contributed by atoms with Crippen LogP contribution in [0, 0.1) is 5.82 Å². The molecule has 5 heteroatoms. The Kier molecular flexibility index (Phi) is 7.36. The van der Waals surface area contributed by atoms with Gasteiger partial charge in [0.15, 0.2) is 5.11 Å². The SMILES string of the molecule is CCOCCCNC(=S)N(CC)c1ccc(F)cc1. The van der Waals surface area contributed by atoms with Crippen LogP contribution in [0.25, 0.3) is 0 Å². The van der Waals surface area contributed by atoms with Crippen LogP contribution in [-0.4, -0.2) is 31.4 Å². The first-order valence-electron chi connectivity index (χ1n) is 6.57. The minimum Gasteiger partial charge on any atom is -0.382 e. The summed E-state index contributed by atoms with van der Waals surface area (Å²) >= 11 is 5.35. The van der Waals surface area contributed by atoms with Gasteiger partial charge in [0.05, 0.1) is 0 Å². The first-order valence-corrected chi connectivity index (χ1v) is 6.98. The molecule has 0 bridgehead atoms. The third-order valence-corrected chi connectivity index (χ3v) is 3.01. The fourth-order valence-electron chi connectivity index (χ4n) is 1.67. The summed E-state index contributed by atoms with van der Waals surface area (Å²) in [7, 11) is 0. The van der Waals surface area contributed by atoms with Crippen LogP contribution in [-0.2, 0) is 4.74 Å². The second kappa shape index (κ2) is 8.82. The monoisotopic (exact) mass is 284 g/mol. The Labute approximate surface area is 119 Å². The lowest BCUT2D eigenvalue weighted by molar-refractivity contribution is 0.146. The molecular weight excluding hydrogens is 263 g/mol. The van der Waals surface area contributed by atoms with Gasteiger partial charge in [-0.15, -0.1) is 0 Å². The number of halogens is 1. The van der Waals surface area contributed by atoms with Gasteiger partial charge in [0.25, 0.3) is 0 Å². The molecule has 0 heterocycles. The first kappa shape index (κ1) is 15.9. The topological polar surface area (TPSA) is 24.5 Å². The molecule has 1 N–H and O–H groups in total. The van der Waals surface area contributed by atoms with E-state index in [4.69, 9.17) is 17.0 Å². The second-order valence-electron chi connectivity index (χ2n) is 4.00. The summed E-state index contributed by atoms with van der Waals surface area (Å²) in [5, 5.41) is 3.85. The Morgan fingerprint density at radius 1 is 1.32 bits per heavy atom. The molecule has 1 aromatic rings. The van der Waals surface area contributed by atoms with E-state index in [0.717, 1.165) is 38.4 Å². The predicted molar refractivity (Wildman–Crippen MR) is 81.1 cm³/mol. The number of hydrogen-bond acceptors (Lipinski definition) is 2. The van der Waals surface area contributed by atoms with E-state index >= 15 is 0 Å². The molecule has 0 saturated carbocycles. The van der Waals surface area contributed by atoms with Gasteiger partial charge in [0.2, 0.25) is 0 Å². The molecule has 0 aliphatic heterocycles. The molecule has 3 nitrogen and oxygen atoms in total. The van der Waals surface area contributed by atoms with Crippen LogP contribution < -0.4 is 10.2 Å². The Morgan fingerprint density at radius 2 is 2.00 bits per heavy atom. The summed E-state index contributed by atoms with van der Waals surface area (Å²) < 4.78 is 18.2. The number of benzene rings is 1. The third kappa shape index (κ3) is 5.53. The largest absolute Gasteiger partial charge is 0.382 e. The fraction of sp³-hybridized carbons (Fsp3) is 0.500. The van der Waals surface area contributed by atoms with E-state index in [1.165, 1.54) is 12.1 Å². The average Bonchev–Trinajstić information content (AvgIpc) is 2.41. The van der Waals surface area contributed by atoms with Crippen LogP contribution in [0.1, 0.15) is 20.3 Å². The quantitative estimate of drug-likeness (QED) is 0.614. The van der Waals surface area contributed by atoms with Crippen molar-refractivity contribution in [3.8, 4) is 0 Å². The standard InChI is InChI=1S/C14H21FN2OS/c1-3-17(13-8-6-12(15)7-9-13)14(19)16-10-5-11-18-4-2/h6-9H,3-5,10-11H2,1-2H3,(H,16,19). The van der Waals surface area contributed by atoms with Gasteiger partial charge in [-0.05, 0) is 56.8 Å². The van der Waals surface area contributed by atoms with Crippen LogP contribution in [0.5, 0.6) is 0 Å². The normalized spacial score (nSPS) is 10.3. The highest BCUT2D eigenvalue weighted by atomic mass is 32.1. The van der Waals surface area contributed by atoms with Crippen molar-refractivity contribution in [2.45, 2.75) is 20.3 Å². The molecule has 106 valence electrons. The van der Waals surface area contributed by atoms with E-state index in [1.54, 1.807) is 12.1 Å². The predicted octanol–water partition coefficient (Wildman–Crippen LogP) is 2.95. The van der Waals surface area contributed by atoms with E-state index in [2.05, 4.69) is 5.32 Å². The number of rotatable bonds is 7. The minimum absolute atomic E-state index is 0.240. The molecule has 0 atom stereocenters. The van der Waals surface area contributed by atoms with Crippen LogP contribution in [0.3, 0.4) is 0 Å². The highest BCUT2D eigenvalue weighted by molar-refractivity contribution is 7.80. The fourth-order valence-corrected chi connectivity index (χ4v) is 2.01. The second-order valence-corrected chi connectivity index (χ2v) is 4.39. The van der Waals surface area contributed by atoms with Gasteiger partial charge in [-0.25, -0.2) is 4.39 Å². The van der Waals surface area contributed by atoms with E-state index in [1.807, 2.05) is 18.7 Å². The maximum atomic E-state index is 12.9. The summed E-state index contributed by atoms with van der Waals surface area (Å²) in [4.78, 5) is 1.94. The van der Waals surface area contributed by atoms with Gasteiger partial charge in [-0.2, -0.15) is 0 Å². The summed E-state index contributed by atoms with van der Waals surface area (Å²) in [5.41, 5.74) is 0.895. The van der Waals surface area contributed by atoms with Gasteiger partial charge >= 0.3 is 0 Å². The highest BCUT2D eigenvalue weighted by Gasteiger charge is 2.09. The molecule has 0 radical (unpaired) electrons. The average molecular weight is 284 g/mol. The van der Waals surface area contributed by atoms with Gasteiger partial charge in [-0.1, -0.05) is 0 Å². The molecule has 0 aliphatic carbocycles. The van der Waals surface area contributed by atoms with E-state index in [0.29, 0.717) is 5.11 Å². The number of ether oxygens (including phenoxy) is 1. The Balaban J connectivity index is 2.45. The van der Waals surface area contributed by atoms with Crippen molar-refractivity contribution in [1.82, 2.24) is 5.32 Å². The number of hydrogen-bond donors (Lipinski definition) is 1. The van der Waals surface area contributed by atoms with Crippen LogP contribution >= 0.6 is 12.2 Å². The zero-order chi connectivity index (χ0) is 14.1. The van der Waals surface area contributed by atoms with Crippen molar-refractivity contribution in [1.29, 1.82) is 0 Å². The minimum atomic E-state index is -0.240. The van der Waals surface area contributed by atoms with E-state index < -0.39 is 0 Å². The number of anilines is 1. The molecular formula is C14H21FN2OS. The number of thiocarbonyl (C=S) groups is 1. The van der Waals surface area contributed by atoms with Crippen LogP contribution in [0.15, 0.2) is 24.3 Å². The van der Waals surface area contributed by atoms with E-state index in [-0.39, 0.29) is 5.82 Å². The van der Waals surface area contributed by atoms with Crippen LogP contribution in [0.2, 0.25) is 0 Å². The van der Waals surface area contributed by atoms with Crippen molar-refractivity contribution in [2.75, 3.05) is 31.2 Å². The van der Waals surface area contributed by atoms with Crippen molar-refractivity contribution in [2.24, 2.45) is 0 Å². The maximum absolute atomic E-state index is 12.9. The summed E-state index contributed by atoms with van der Waals surface area (Å²) in [5.74, 6) is -0.240. The molecule has 0 aromatic heterocycles. The number of nitrogens with zero attached hydrogens (tertiary/aromatic N) is 1. The van der Waals surface area contributed by atoms with Crippen molar-refractivity contribution in [3.63, 3.8) is 0 Å². The van der Waals surface area contributed by atoms with Gasteiger partial charge in [0, 0.05) is 32.0 Å². The highest BCUT2D eigenvalue weighted by Crippen LogP contribution is 2.14. The van der Waals surface area contributed by atoms with Gasteiger partial charge in [-0.3, -0.25) is 0 Å². The maximum Gasteiger partial charge on any atom is 0.173 e. The molecule has 0 fully saturated rings. The van der Waals surface area contributed by atoms with Gasteiger partial charge < -0.3 is 15.0 Å². The lowest BCUT2D eigenvalue weighted by atomic mass is 10.3. The van der Waals surface area contributed by atoms with Crippen molar-refractivity contribution in [3.05, 3.63) is 30.1 Å². The number of nitrogens with one attached hydrogen (secondary N) is 1. The van der Waals surface area contributed by atoms with Crippen molar-refractivity contribution < 1.29 is 9.13 Å². The molecule has 19 heavy (non-hydrogen) atoms. The van der Waals surface area contributed by atoms with E-state index in [9.17, 15) is 4.39 Å². The molecule has 1 aromatic carbocycles. The molecule has 0 saturated heterocycles. The first-order chi connectivity index (χ1) is 9.19. The molecule has 0 amide bonds. The Bertz CT molecular complexity index is 384. The summed E-state index contributed by atoms with van der Waals surface area (Å²) in [6.45, 7) is 6.97. The van der Waals surface area contributed by atoms with Crippen LogP contribution in [0.4, 0.5) is 10.1 Å². The Hall–Kier alpha value is -1.20. The summed E-state index contributed by atoms with van der Waals surface area (Å²) in [6.07, 6.45) is 0.912. The smallest absolute Gasteiger partial charge is 0.173 e. The Morgan fingerprint density at radius 3 is 2.58 bits per heavy atom. The molecule has 0 aliphatic rings. The molecule has 0 spiro atoms. The molecule has 1 rings (SSSR count).